The molecule has 1 heterocycles. The average Bonchev–Trinajstić information content (AvgIpc) is 2.89. The van der Waals surface area contributed by atoms with Crippen LogP contribution < -0.4 is 0 Å². The van der Waals surface area contributed by atoms with Gasteiger partial charge in [0.1, 0.15) is 0 Å². The van der Waals surface area contributed by atoms with Crippen molar-refractivity contribution < 1.29 is 13.2 Å². The molecule has 2 fully saturated rings. The molecule has 1 saturated carbocycles. The Morgan fingerprint density at radius 3 is 2.42 bits per heavy atom. The Balaban J connectivity index is 1.86. The van der Waals surface area contributed by atoms with Crippen molar-refractivity contribution in [2.45, 2.75) is 46.7 Å². The lowest BCUT2D eigenvalue weighted by atomic mass is 10.1. The predicted molar refractivity (Wildman–Crippen MR) is 104 cm³/mol. The molecule has 0 N–H and O–H groups in total. The number of carbonyl (C=O) groups is 1. The normalized spacial score (nSPS) is 28.4. The SMILES string of the molecule is CC(C)=C[C@@H]1[C@H](C(=O)N(Cc2ccccc2)[C@H]2CCS(=O)(=O)C2)C1(C)C. The summed E-state index contributed by atoms with van der Waals surface area (Å²) >= 11 is 0. The first-order valence-electron chi connectivity index (χ1n) is 9.31. The van der Waals surface area contributed by atoms with Crippen LogP contribution in [0.25, 0.3) is 0 Å². The maximum Gasteiger partial charge on any atom is 0.227 e. The minimum atomic E-state index is -3.04. The molecule has 0 bridgehead atoms. The van der Waals surface area contributed by atoms with E-state index >= 15 is 0 Å². The molecule has 1 saturated heterocycles. The highest BCUT2D eigenvalue weighted by Gasteiger charge is 2.61. The molecule has 0 radical (unpaired) electrons. The number of hydrogen-bond donors (Lipinski definition) is 0. The second-order valence-corrected chi connectivity index (χ2v) is 10.8. The smallest absolute Gasteiger partial charge is 0.227 e. The lowest BCUT2D eigenvalue weighted by Crippen LogP contribution is -2.42. The van der Waals surface area contributed by atoms with Crippen molar-refractivity contribution in [1.82, 2.24) is 4.90 Å². The predicted octanol–water partition coefficient (Wildman–Crippen LogP) is 3.44. The Morgan fingerprint density at radius 2 is 1.88 bits per heavy atom. The van der Waals surface area contributed by atoms with E-state index in [4.69, 9.17) is 0 Å². The van der Waals surface area contributed by atoms with E-state index in [0.29, 0.717) is 13.0 Å². The molecule has 1 aliphatic heterocycles. The summed E-state index contributed by atoms with van der Waals surface area (Å²) in [5.74, 6) is 0.539. The lowest BCUT2D eigenvalue weighted by molar-refractivity contribution is -0.136. The fourth-order valence-corrected chi connectivity index (χ4v) is 5.92. The van der Waals surface area contributed by atoms with Crippen LogP contribution in [0.15, 0.2) is 42.0 Å². The zero-order chi connectivity index (χ0) is 19.1. The number of rotatable bonds is 5. The molecule has 1 amide bonds. The molecule has 3 atom stereocenters. The van der Waals surface area contributed by atoms with Gasteiger partial charge in [0, 0.05) is 12.6 Å². The molecule has 4 nitrogen and oxygen atoms in total. The fraction of sp³-hybridized carbons (Fsp3) is 0.571. The van der Waals surface area contributed by atoms with Gasteiger partial charge in [-0.25, -0.2) is 8.42 Å². The first-order chi connectivity index (χ1) is 12.1. The first kappa shape index (κ1) is 19.2. The van der Waals surface area contributed by atoms with Crippen LogP contribution in [0, 0.1) is 17.3 Å². The van der Waals surface area contributed by atoms with Crippen molar-refractivity contribution >= 4 is 15.7 Å². The summed E-state index contributed by atoms with van der Waals surface area (Å²) in [5.41, 5.74) is 2.19. The molecule has 0 aromatic heterocycles. The second kappa shape index (κ2) is 6.84. The van der Waals surface area contributed by atoms with Crippen LogP contribution in [0.1, 0.15) is 39.7 Å². The van der Waals surface area contributed by atoms with Gasteiger partial charge in [-0.15, -0.1) is 0 Å². The molecule has 1 aromatic carbocycles. The highest BCUT2D eigenvalue weighted by molar-refractivity contribution is 7.91. The molecule has 2 aliphatic rings. The molecule has 5 heteroatoms. The molecular weight excluding hydrogens is 346 g/mol. The molecule has 0 unspecified atom stereocenters. The van der Waals surface area contributed by atoms with E-state index in [-0.39, 0.29) is 40.7 Å². The Kier molecular flexibility index (Phi) is 5.04. The summed E-state index contributed by atoms with van der Waals surface area (Å²) in [5, 5.41) is 0. The van der Waals surface area contributed by atoms with Crippen LogP contribution in [0.5, 0.6) is 0 Å². The van der Waals surface area contributed by atoms with Gasteiger partial charge in [-0.1, -0.05) is 55.8 Å². The van der Waals surface area contributed by atoms with E-state index in [1.807, 2.05) is 35.2 Å². The standard InChI is InChI=1S/C21H29NO3S/c1-15(2)12-18-19(21(18,3)4)20(23)22(13-16-8-6-5-7-9-16)17-10-11-26(24,25)14-17/h5-9,12,17-19H,10-11,13-14H2,1-4H3/t17-,18+,19+/m0/s1. The molecule has 0 spiro atoms. The number of benzene rings is 1. The van der Waals surface area contributed by atoms with Crippen LogP contribution in [0.4, 0.5) is 0 Å². The van der Waals surface area contributed by atoms with Crippen LogP contribution in [0.2, 0.25) is 0 Å². The fourth-order valence-electron chi connectivity index (χ4n) is 4.19. The van der Waals surface area contributed by atoms with E-state index < -0.39 is 9.84 Å². The largest absolute Gasteiger partial charge is 0.334 e. The Labute approximate surface area is 157 Å². The van der Waals surface area contributed by atoms with Gasteiger partial charge in [-0.2, -0.15) is 0 Å². The van der Waals surface area contributed by atoms with Gasteiger partial charge < -0.3 is 4.90 Å². The summed E-state index contributed by atoms with van der Waals surface area (Å²) in [7, 11) is -3.04. The van der Waals surface area contributed by atoms with Crippen molar-refractivity contribution in [3.63, 3.8) is 0 Å². The topological polar surface area (TPSA) is 54.5 Å². The summed E-state index contributed by atoms with van der Waals surface area (Å²) in [6.07, 6.45) is 2.73. The van der Waals surface area contributed by atoms with Gasteiger partial charge in [0.15, 0.2) is 9.84 Å². The number of carbonyl (C=O) groups excluding carboxylic acids is 1. The zero-order valence-corrected chi connectivity index (χ0v) is 16.9. The number of nitrogens with zero attached hydrogens (tertiary/aromatic N) is 1. The van der Waals surface area contributed by atoms with Gasteiger partial charge in [0.05, 0.1) is 17.4 Å². The third kappa shape index (κ3) is 3.88. The second-order valence-electron chi connectivity index (χ2n) is 8.58. The van der Waals surface area contributed by atoms with Crippen molar-refractivity contribution in [1.29, 1.82) is 0 Å². The lowest BCUT2D eigenvalue weighted by Gasteiger charge is -2.29. The van der Waals surface area contributed by atoms with E-state index in [1.165, 1.54) is 5.57 Å². The summed E-state index contributed by atoms with van der Waals surface area (Å²) in [6, 6.07) is 9.64. The molecule has 142 valence electrons. The minimum absolute atomic E-state index is 0.0654. The Hall–Kier alpha value is -1.62. The van der Waals surface area contributed by atoms with E-state index in [1.54, 1.807) is 0 Å². The monoisotopic (exact) mass is 375 g/mol. The molecule has 1 aliphatic carbocycles. The van der Waals surface area contributed by atoms with Gasteiger partial charge >= 0.3 is 0 Å². The first-order valence-corrected chi connectivity index (χ1v) is 11.1. The van der Waals surface area contributed by atoms with Crippen molar-refractivity contribution in [2.24, 2.45) is 17.3 Å². The molecular formula is C21H29NO3S. The number of amides is 1. The third-order valence-electron chi connectivity index (χ3n) is 5.82. The highest BCUT2D eigenvalue weighted by atomic mass is 32.2. The zero-order valence-electron chi connectivity index (χ0n) is 16.1. The molecule has 26 heavy (non-hydrogen) atoms. The maximum atomic E-state index is 13.4. The van der Waals surface area contributed by atoms with Crippen molar-refractivity contribution in [3.8, 4) is 0 Å². The van der Waals surface area contributed by atoms with Crippen molar-refractivity contribution in [3.05, 3.63) is 47.5 Å². The van der Waals surface area contributed by atoms with Crippen LogP contribution in [-0.4, -0.2) is 36.8 Å². The molecule has 3 rings (SSSR count). The van der Waals surface area contributed by atoms with Crippen LogP contribution in [0.3, 0.4) is 0 Å². The van der Waals surface area contributed by atoms with Crippen LogP contribution in [-0.2, 0) is 21.2 Å². The average molecular weight is 376 g/mol. The highest BCUT2D eigenvalue weighted by Crippen LogP contribution is 2.60. The summed E-state index contributed by atoms with van der Waals surface area (Å²) < 4.78 is 24.0. The van der Waals surface area contributed by atoms with Gasteiger partial charge in [-0.05, 0) is 37.2 Å². The summed E-state index contributed by atoms with van der Waals surface area (Å²) in [4.78, 5) is 15.3. The van der Waals surface area contributed by atoms with Gasteiger partial charge in [-0.3, -0.25) is 4.79 Å². The third-order valence-corrected chi connectivity index (χ3v) is 7.57. The Bertz CT molecular complexity index is 807. The van der Waals surface area contributed by atoms with Gasteiger partial charge in [0.2, 0.25) is 5.91 Å². The number of allylic oxidation sites excluding steroid dienone is 2. The minimum Gasteiger partial charge on any atom is -0.334 e. The van der Waals surface area contributed by atoms with Gasteiger partial charge in [0.25, 0.3) is 0 Å². The quantitative estimate of drug-likeness (QED) is 0.741. The van der Waals surface area contributed by atoms with Crippen molar-refractivity contribution in [2.75, 3.05) is 11.5 Å². The van der Waals surface area contributed by atoms with E-state index in [9.17, 15) is 13.2 Å². The number of sulfone groups is 1. The number of hydrogen-bond acceptors (Lipinski definition) is 3. The molecule has 1 aromatic rings. The summed E-state index contributed by atoms with van der Waals surface area (Å²) in [6.45, 7) is 8.86. The van der Waals surface area contributed by atoms with E-state index in [2.05, 4.69) is 33.8 Å². The Morgan fingerprint density at radius 1 is 1.23 bits per heavy atom. The van der Waals surface area contributed by atoms with Crippen LogP contribution >= 0.6 is 0 Å². The van der Waals surface area contributed by atoms with E-state index in [0.717, 1.165) is 5.56 Å². The maximum absolute atomic E-state index is 13.4.